The minimum atomic E-state index is 0.380. The van der Waals surface area contributed by atoms with Crippen LogP contribution in [0, 0.1) is 0 Å². The molecular weight excluding hydrogens is 210 g/mol. The molecule has 3 heteroatoms. The molecule has 1 heterocycles. The summed E-state index contributed by atoms with van der Waals surface area (Å²) in [6, 6.07) is 10.5. The van der Waals surface area contributed by atoms with Gasteiger partial charge in [-0.05, 0) is 24.8 Å². The van der Waals surface area contributed by atoms with E-state index in [2.05, 4.69) is 34.2 Å². The average molecular weight is 225 g/mol. The van der Waals surface area contributed by atoms with Crippen molar-refractivity contribution in [3.05, 3.63) is 53.5 Å². The van der Waals surface area contributed by atoms with Gasteiger partial charge in [0.25, 0.3) is 0 Å². The van der Waals surface area contributed by atoms with E-state index in [-0.39, 0.29) is 0 Å². The zero-order chi connectivity index (χ0) is 11.7. The van der Waals surface area contributed by atoms with Crippen molar-refractivity contribution >= 4 is 5.82 Å². The number of aromatic nitrogens is 2. The van der Waals surface area contributed by atoms with Gasteiger partial charge in [-0.3, -0.25) is 0 Å². The van der Waals surface area contributed by atoms with Crippen LogP contribution in [0.5, 0.6) is 0 Å². The van der Waals surface area contributed by atoms with Crippen LogP contribution in [-0.2, 0) is 6.42 Å². The number of fused-ring (bicyclic) bond motifs is 1. The van der Waals surface area contributed by atoms with E-state index < -0.39 is 0 Å². The molecule has 3 nitrogen and oxygen atoms in total. The van der Waals surface area contributed by atoms with Crippen LogP contribution in [0.3, 0.4) is 0 Å². The molecule has 1 aromatic heterocycles. The number of anilines is 1. The molecule has 2 aromatic rings. The number of nitrogens with zero attached hydrogens (tertiary/aromatic N) is 2. The molecule has 0 radical (unpaired) electrons. The largest absolute Gasteiger partial charge is 0.383 e. The zero-order valence-electron chi connectivity index (χ0n) is 9.63. The lowest BCUT2D eigenvalue weighted by Gasteiger charge is -2.25. The smallest absolute Gasteiger partial charge is 0.130 e. The van der Waals surface area contributed by atoms with Gasteiger partial charge in [-0.15, -0.1) is 0 Å². The highest BCUT2D eigenvalue weighted by Gasteiger charge is 2.24. The van der Waals surface area contributed by atoms with Crippen molar-refractivity contribution in [3.63, 3.8) is 0 Å². The molecule has 3 rings (SSSR count). The van der Waals surface area contributed by atoms with E-state index in [1.54, 1.807) is 6.33 Å². The van der Waals surface area contributed by atoms with Crippen molar-refractivity contribution in [1.29, 1.82) is 0 Å². The highest BCUT2D eigenvalue weighted by atomic mass is 14.9. The van der Waals surface area contributed by atoms with Gasteiger partial charge < -0.3 is 5.73 Å². The number of rotatable bonds is 1. The van der Waals surface area contributed by atoms with E-state index in [0.717, 1.165) is 30.5 Å². The quantitative estimate of drug-likeness (QED) is 0.811. The third-order valence-corrected chi connectivity index (χ3v) is 3.46. The molecule has 2 N–H and O–H groups in total. The fourth-order valence-corrected chi connectivity index (χ4v) is 2.63. The fourth-order valence-electron chi connectivity index (χ4n) is 2.63. The Morgan fingerprint density at radius 1 is 1.12 bits per heavy atom. The molecule has 0 saturated heterocycles. The Morgan fingerprint density at radius 3 is 2.76 bits per heavy atom. The maximum Gasteiger partial charge on any atom is 0.130 e. The molecule has 1 atom stereocenters. The number of benzene rings is 1. The van der Waals surface area contributed by atoms with Crippen molar-refractivity contribution in [3.8, 4) is 0 Å². The third kappa shape index (κ3) is 1.78. The maximum absolute atomic E-state index is 5.93. The molecule has 86 valence electrons. The van der Waals surface area contributed by atoms with Gasteiger partial charge in [0.15, 0.2) is 0 Å². The minimum Gasteiger partial charge on any atom is -0.383 e. The van der Waals surface area contributed by atoms with Crippen LogP contribution >= 0.6 is 0 Å². The summed E-state index contributed by atoms with van der Waals surface area (Å²) in [7, 11) is 0. The van der Waals surface area contributed by atoms with Crippen LogP contribution in [0.1, 0.15) is 35.6 Å². The van der Waals surface area contributed by atoms with E-state index in [0.29, 0.717) is 11.7 Å². The summed E-state index contributed by atoms with van der Waals surface area (Å²) >= 11 is 0. The van der Waals surface area contributed by atoms with E-state index in [9.17, 15) is 0 Å². The predicted molar refractivity (Wildman–Crippen MR) is 67.7 cm³/mol. The second kappa shape index (κ2) is 4.17. The summed E-state index contributed by atoms with van der Waals surface area (Å²) in [6.07, 6.45) is 4.89. The lowest BCUT2D eigenvalue weighted by molar-refractivity contribution is 0.596. The van der Waals surface area contributed by atoms with Gasteiger partial charge in [0.1, 0.15) is 12.1 Å². The first kappa shape index (κ1) is 10.3. The van der Waals surface area contributed by atoms with Crippen LogP contribution in [0.2, 0.25) is 0 Å². The van der Waals surface area contributed by atoms with Crippen molar-refractivity contribution in [2.45, 2.75) is 25.2 Å². The van der Waals surface area contributed by atoms with Crippen LogP contribution in [0.15, 0.2) is 36.7 Å². The van der Waals surface area contributed by atoms with Crippen molar-refractivity contribution in [1.82, 2.24) is 9.97 Å². The van der Waals surface area contributed by atoms with Crippen molar-refractivity contribution < 1.29 is 0 Å². The summed E-state index contributed by atoms with van der Waals surface area (Å²) in [5.41, 5.74) is 9.52. The van der Waals surface area contributed by atoms with E-state index >= 15 is 0 Å². The first-order valence-electron chi connectivity index (χ1n) is 6.00. The Hall–Kier alpha value is -1.90. The Bertz CT molecular complexity index is 522. The van der Waals surface area contributed by atoms with Crippen molar-refractivity contribution in [2.24, 2.45) is 0 Å². The Morgan fingerprint density at radius 2 is 1.94 bits per heavy atom. The first-order valence-corrected chi connectivity index (χ1v) is 6.00. The second-order valence-electron chi connectivity index (χ2n) is 4.48. The Labute approximate surface area is 101 Å². The lowest BCUT2D eigenvalue weighted by atomic mass is 9.82. The SMILES string of the molecule is Nc1ncnc2c1CCCC2c1ccccc1. The van der Waals surface area contributed by atoms with Gasteiger partial charge in [-0.2, -0.15) is 0 Å². The standard InChI is InChI=1S/C14H15N3/c15-14-12-8-4-7-11(13(12)16-9-17-14)10-5-2-1-3-6-10/h1-3,5-6,9,11H,4,7-8H2,(H2,15,16,17). The number of nitrogen functional groups attached to an aromatic ring is 1. The van der Waals surface area contributed by atoms with Crippen LogP contribution in [0.4, 0.5) is 5.82 Å². The molecule has 17 heavy (non-hydrogen) atoms. The van der Waals surface area contributed by atoms with Crippen molar-refractivity contribution in [2.75, 3.05) is 5.73 Å². The molecule has 0 aliphatic heterocycles. The Kier molecular flexibility index (Phi) is 2.52. The van der Waals surface area contributed by atoms with Gasteiger partial charge in [-0.25, -0.2) is 9.97 Å². The molecule has 1 aromatic carbocycles. The summed E-state index contributed by atoms with van der Waals surface area (Å²) in [5, 5.41) is 0. The molecule has 0 amide bonds. The monoisotopic (exact) mass is 225 g/mol. The summed E-state index contributed by atoms with van der Waals surface area (Å²) in [6.45, 7) is 0. The highest BCUT2D eigenvalue weighted by Crippen LogP contribution is 2.36. The summed E-state index contributed by atoms with van der Waals surface area (Å²) < 4.78 is 0. The van der Waals surface area contributed by atoms with E-state index in [1.807, 2.05) is 6.07 Å². The van der Waals surface area contributed by atoms with Crippen LogP contribution in [-0.4, -0.2) is 9.97 Å². The minimum absolute atomic E-state index is 0.380. The van der Waals surface area contributed by atoms with E-state index in [1.165, 1.54) is 5.56 Å². The third-order valence-electron chi connectivity index (χ3n) is 3.46. The number of nitrogens with two attached hydrogens (primary N) is 1. The molecule has 0 fully saturated rings. The molecule has 1 unspecified atom stereocenters. The van der Waals surface area contributed by atoms with Gasteiger partial charge in [-0.1, -0.05) is 30.3 Å². The topological polar surface area (TPSA) is 51.8 Å². The average Bonchev–Trinajstić information content (AvgIpc) is 2.40. The second-order valence-corrected chi connectivity index (χ2v) is 4.48. The Balaban J connectivity index is 2.09. The molecule has 1 aliphatic rings. The van der Waals surface area contributed by atoms with Gasteiger partial charge >= 0.3 is 0 Å². The number of hydrogen-bond acceptors (Lipinski definition) is 3. The molecule has 1 aliphatic carbocycles. The maximum atomic E-state index is 5.93. The predicted octanol–water partition coefficient (Wildman–Crippen LogP) is 2.53. The van der Waals surface area contributed by atoms with E-state index in [4.69, 9.17) is 5.73 Å². The summed E-state index contributed by atoms with van der Waals surface area (Å²) in [4.78, 5) is 8.53. The fraction of sp³-hybridized carbons (Fsp3) is 0.286. The molecular formula is C14H15N3. The summed E-state index contributed by atoms with van der Waals surface area (Å²) in [5.74, 6) is 1.03. The van der Waals surface area contributed by atoms with Crippen LogP contribution in [0.25, 0.3) is 0 Å². The van der Waals surface area contributed by atoms with Crippen LogP contribution < -0.4 is 5.73 Å². The zero-order valence-corrected chi connectivity index (χ0v) is 9.63. The van der Waals surface area contributed by atoms with Gasteiger partial charge in [0.2, 0.25) is 0 Å². The molecule has 0 bridgehead atoms. The van der Waals surface area contributed by atoms with Gasteiger partial charge in [0.05, 0.1) is 5.69 Å². The normalized spacial score (nSPS) is 18.7. The molecule has 0 spiro atoms. The number of hydrogen-bond donors (Lipinski definition) is 1. The highest BCUT2D eigenvalue weighted by molar-refractivity contribution is 5.46. The molecule has 0 saturated carbocycles. The first-order chi connectivity index (χ1) is 8.36. The van der Waals surface area contributed by atoms with Gasteiger partial charge in [0, 0.05) is 11.5 Å². The lowest BCUT2D eigenvalue weighted by Crippen LogP contribution is -2.15.